The normalized spacial score (nSPS) is 11.8. The molecule has 3 rings (SSSR count). The minimum absolute atomic E-state index is 0.0479. The first kappa shape index (κ1) is 24.9. The second kappa shape index (κ2) is 10.0. The molecule has 0 aliphatic carbocycles. The van der Waals surface area contributed by atoms with Crippen LogP contribution in [0.3, 0.4) is 0 Å². The van der Waals surface area contributed by atoms with Crippen LogP contribution < -0.4 is 4.31 Å². The molecule has 0 aromatic heterocycles. The van der Waals surface area contributed by atoms with Gasteiger partial charge in [0.05, 0.1) is 25.3 Å². The van der Waals surface area contributed by atoms with Crippen molar-refractivity contribution in [3.8, 4) is 0 Å². The van der Waals surface area contributed by atoms with Gasteiger partial charge in [0.15, 0.2) is 0 Å². The summed E-state index contributed by atoms with van der Waals surface area (Å²) in [5.74, 6) is 0. The Bertz CT molecular complexity index is 1340. The van der Waals surface area contributed by atoms with Crippen molar-refractivity contribution in [1.82, 2.24) is 0 Å². The monoisotopic (exact) mass is 552 g/mol. The standard InChI is InChI=1S/C22H21BrN2O6S2/c1-17-3-9-22(10-4-17)33(30,31)24(16-2-15-23)18-5-11-20(12-6-18)32(28,29)21-13-7-19(8-14-21)25(26)27/h3-14H,2,15-16H2,1H3. The maximum Gasteiger partial charge on any atom is 0.269 e. The topological polar surface area (TPSA) is 115 Å². The van der Waals surface area contributed by atoms with Gasteiger partial charge in [-0.25, -0.2) is 16.8 Å². The predicted molar refractivity (Wildman–Crippen MR) is 129 cm³/mol. The molecule has 33 heavy (non-hydrogen) atoms. The molecule has 0 unspecified atom stereocenters. The molecule has 8 nitrogen and oxygen atoms in total. The molecule has 0 aliphatic rings. The third-order valence-corrected chi connectivity index (χ3v) is 9.08. The molecule has 0 atom stereocenters. The highest BCUT2D eigenvalue weighted by molar-refractivity contribution is 9.09. The van der Waals surface area contributed by atoms with Crippen LogP contribution in [0.5, 0.6) is 0 Å². The van der Waals surface area contributed by atoms with Crippen molar-refractivity contribution >= 4 is 47.2 Å². The number of nitro benzene ring substituents is 1. The molecule has 0 amide bonds. The second-order valence-corrected chi connectivity index (χ2v) is 11.8. The summed E-state index contributed by atoms with van der Waals surface area (Å²) in [5, 5.41) is 11.4. The molecule has 11 heteroatoms. The fourth-order valence-corrected chi connectivity index (χ4v) is 6.12. The van der Waals surface area contributed by atoms with Crippen molar-refractivity contribution in [1.29, 1.82) is 0 Å². The summed E-state index contributed by atoms with van der Waals surface area (Å²) in [7, 11) is -7.79. The molecule has 0 fully saturated rings. The number of halogens is 1. The number of rotatable bonds is 9. The van der Waals surface area contributed by atoms with E-state index in [-0.39, 0.29) is 26.9 Å². The highest BCUT2D eigenvalue weighted by Gasteiger charge is 2.26. The van der Waals surface area contributed by atoms with Crippen LogP contribution in [-0.4, -0.2) is 33.6 Å². The number of anilines is 1. The molecule has 0 saturated carbocycles. The average molecular weight is 553 g/mol. The van der Waals surface area contributed by atoms with Crippen LogP contribution >= 0.6 is 15.9 Å². The number of hydrogen-bond donors (Lipinski definition) is 0. The number of sulfonamides is 1. The summed E-state index contributed by atoms with van der Waals surface area (Å²) >= 11 is 3.32. The lowest BCUT2D eigenvalue weighted by Gasteiger charge is -2.24. The SMILES string of the molecule is Cc1ccc(S(=O)(=O)N(CCCBr)c2ccc(S(=O)(=O)c3ccc([N+](=O)[O-])cc3)cc2)cc1. The first-order valence-electron chi connectivity index (χ1n) is 9.82. The molecule has 3 aromatic rings. The van der Waals surface area contributed by atoms with Crippen LogP contribution in [0.15, 0.2) is 87.5 Å². The van der Waals surface area contributed by atoms with E-state index in [4.69, 9.17) is 0 Å². The quantitative estimate of drug-likeness (QED) is 0.215. The van der Waals surface area contributed by atoms with Crippen LogP contribution in [0.2, 0.25) is 0 Å². The number of non-ortho nitro benzene ring substituents is 1. The van der Waals surface area contributed by atoms with Crippen molar-refractivity contribution in [2.45, 2.75) is 28.0 Å². The number of hydrogen-bond acceptors (Lipinski definition) is 6. The number of nitrogens with zero attached hydrogens (tertiary/aromatic N) is 2. The van der Waals surface area contributed by atoms with Gasteiger partial charge in [0.1, 0.15) is 0 Å². The lowest BCUT2D eigenvalue weighted by molar-refractivity contribution is -0.384. The molecule has 0 aliphatic heterocycles. The van der Waals surface area contributed by atoms with Crippen LogP contribution in [0.1, 0.15) is 12.0 Å². The molecule has 0 saturated heterocycles. The number of benzene rings is 3. The molecule has 0 heterocycles. The molecule has 3 aromatic carbocycles. The lowest BCUT2D eigenvalue weighted by Crippen LogP contribution is -2.32. The van der Waals surface area contributed by atoms with Gasteiger partial charge in [-0.05, 0) is 61.9 Å². The highest BCUT2D eigenvalue weighted by atomic mass is 79.9. The van der Waals surface area contributed by atoms with E-state index < -0.39 is 24.8 Å². The van der Waals surface area contributed by atoms with Crippen molar-refractivity contribution in [3.63, 3.8) is 0 Å². The van der Waals surface area contributed by atoms with Crippen LogP contribution in [0.4, 0.5) is 11.4 Å². The van der Waals surface area contributed by atoms with Gasteiger partial charge in [-0.15, -0.1) is 0 Å². The Balaban J connectivity index is 1.96. The Kier molecular flexibility index (Phi) is 7.55. The van der Waals surface area contributed by atoms with Gasteiger partial charge in [-0.2, -0.15) is 0 Å². The second-order valence-electron chi connectivity index (χ2n) is 7.18. The molecule has 0 N–H and O–H groups in total. The molecule has 0 spiro atoms. The van der Waals surface area contributed by atoms with E-state index in [9.17, 15) is 26.9 Å². The number of aryl methyl sites for hydroxylation is 1. The molecular formula is C22H21BrN2O6S2. The van der Waals surface area contributed by atoms with Crippen LogP contribution in [0.25, 0.3) is 0 Å². The van der Waals surface area contributed by atoms with Gasteiger partial charge < -0.3 is 0 Å². The minimum Gasteiger partial charge on any atom is -0.266 e. The Morgan fingerprint density at radius 3 is 1.79 bits per heavy atom. The van der Waals surface area contributed by atoms with E-state index in [2.05, 4.69) is 15.9 Å². The summed E-state index contributed by atoms with van der Waals surface area (Å²) in [6, 6.07) is 16.7. The fourth-order valence-electron chi connectivity index (χ4n) is 3.10. The summed E-state index contributed by atoms with van der Waals surface area (Å²) in [6.07, 6.45) is 0.550. The first-order chi connectivity index (χ1) is 15.6. The van der Waals surface area contributed by atoms with E-state index in [1.807, 2.05) is 6.92 Å². The lowest BCUT2D eigenvalue weighted by atomic mass is 10.2. The Morgan fingerprint density at radius 1 is 0.818 bits per heavy atom. The van der Waals surface area contributed by atoms with Gasteiger partial charge in [-0.1, -0.05) is 33.6 Å². The summed E-state index contributed by atoms with van der Waals surface area (Å²) in [5.41, 5.74) is 1.05. The molecule has 0 radical (unpaired) electrons. The summed E-state index contributed by atoms with van der Waals surface area (Å²) in [4.78, 5) is 10.2. The average Bonchev–Trinajstić information content (AvgIpc) is 2.80. The Labute approximate surface area is 201 Å². The highest BCUT2D eigenvalue weighted by Crippen LogP contribution is 2.28. The van der Waals surface area contributed by atoms with Gasteiger partial charge in [0.25, 0.3) is 15.7 Å². The van der Waals surface area contributed by atoms with E-state index in [0.717, 1.165) is 17.7 Å². The summed E-state index contributed by atoms with van der Waals surface area (Å²) < 4.78 is 53.6. The number of sulfone groups is 1. The fraction of sp³-hybridized carbons (Fsp3) is 0.182. The van der Waals surface area contributed by atoms with Crippen LogP contribution in [-0.2, 0) is 19.9 Å². The predicted octanol–water partition coefficient (Wildman–Crippen LogP) is 4.72. The van der Waals surface area contributed by atoms with Crippen LogP contribution in [0, 0.1) is 17.0 Å². The first-order valence-corrected chi connectivity index (χ1v) is 13.9. The zero-order valence-electron chi connectivity index (χ0n) is 17.6. The minimum atomic E-state index is -3.93. The molecule has 0 bridgehead atoms. The molecular weight excluding hydrogens is 532 g/mol. The van der Waals surface area contributed by atoms with Gasteiger partial charge >= 0.3 is 0 Å². The van der Waals surface area contributed by atoms with E-state index in [1.165, 1.54) is 40.7 Å². The number of alkyl halides is 1. The third-order valence-electron chi connectivity index (χ3n) is 4.90. The third kappa shape index (κ3) is 5.43. The zero-order valence-corrected chi connectivity index (χ0v) is 20.8. The maximum absolute atomic E-state index is 13.3. The van der Waals surface area contributed by atoms with Crippen molar-refractivity contribution in [2.75, 3.05) is 16.2 Å². The summed E-state index contributed by atoms with van der Waals surface area (Å²) in [6.45, 7) is 2.07. The van der Waals surface area contributed by atoms with Crippen molar-refractivity contribution in [2.24, 2.45) is 0 Å². The Morgan fingerprint density at radius 2 is 1.30 bits per heavy atom. The van der Waals surface area contributed by atoms with E-state index in [1.54, 1.807) is 24.3 Å². The maximum atomic E-state index is 13.3. The van der Waals surface area contributed by atoms with Gasteiger partial charge in [0.2, 0.25) is 9.84 Å². The zero-order chi connectivity index (χ0) is 24.2. The van der Waals surface area contributed by atoms with Crippen molar-refractivity contribution in [3.05, 3.63) is 88.5 Å². The van der Waals surface area contributed by atoms with Gasteiger partial charge in [0, 0.05) is 24.0 Å². The smallest absolute Gasteiger partial charge is 0.266 e. The Hall–Kier alpha value is -2.76. The van der Waals surface area contributed by atoms with Gasteiger partial charge in [-0.3, -0.25) is 14.4 Å². The van der Waals surface area contributed by atoms with Crippen molar-refractivity contribution < 1.29 is 21.8 Å². The largest absolute Gasteiger partial charge is 0.269 e. The van der Waals surface area contributed by atoms with E-state index >= 15 is 0 Å². The van der Waals surface area contributed by atoms with E-state index in [0.29, 0.717) is 17.4 Å². The number of nitro groups is 1. The molecule has 174 valence electrons.